The van der Waals surface area contributed by atoms with E-state index in [0.29, 0.717) is 23.5 Å². The highest BCUT2D eigenvalue weighted by molar-refractivity contribution is 6.19. The van der Waals surface area contributed by atoms with Crippen molar-refractivity contribution in [2.45, 2.75) is 0 Å². The summed E-state index contributed by atoms with van der Waals surface area (Å²) in [5.74, 6) is 2.35. The van der Waals surface area contributed by atoms with Gasteiger partial charge in [-0.2, -0.15) is 0 Å². The molecule has 1 rings (SSSR count). The highest BCUT2D eigenvalue weighted by Gasteiger charge is 2.08. The van der Waals surface area contributed by atoms with Crippen LogP contribution in [0.15, 0.2) is 24.3 Å². The third kappa shape index (κ3) is 5.77. The molecular weight excluding hydrogens is 338 g/mol. The van der Waals surface area contributed by atoms with Crippen molar-refractivity contribution in [3.8, 4) is 0 Å². The fourth-order valence-corrected chi connectivity index (χ4v) is 2.84. The zero-order chi connectivity index (χ0) is 14.8. The lowest BCUT2D eigenvalue weighted by Crippen LogP contribution is -2.29. The van der Waals surface area contributed by atoms with Gasteiger partial charge in [0, 0.05) is 61.1 Å². The van der Waals surface area contributed by atoms with E-state index in [2.05, 4.69) is 34.1 Å². The molecule has 114 valence electrons. The summed E-state index contributed by atoms with van der Waals surface area (Å²) in [6.45, 7) is 3.17. The minimum Gasteiger partial charge on any atom is -0.369 e. The number of alkyl halides is 4. The summed E-state index contributed by atoms with van der Waals surface area (Å²) in [4.78, 5) is 4.36. The van der Waals surface area contributed by atoms with Crippen molar-refractivity contribution in [1.29, 1.82) is 0 Å². The van der Waals surface area contributed by atoms with E-state index >= 15 is 0 Å². The van der Waals surface area contributed by atoms with Crippen molar-refractivity contribution >= 4 is 57.8 Å². The molecule has 0 aromatic heterocycles. The van der Waals surface area contributed by atoms with E-state index in [4.69, 9.17) is 46.4 Å². The highest BCUT2D eigenvalue weighted by Crippen LogP contribution is 2.21. The Morgan fingerprint density at radius 2 is 0.800 bits per heavy atom. The first kappa shape index (κ1) is 18.0. The maximum absolute atomic E-state index is 5.82. The van der Waals surface area contributed by atoms with Crippen LogP contribution in [0, 0.1) is 0 Å². The summed E-state index contributed by atoms with van der Waals surface area (Å²) in [5.41, 5.74) is 2.26. The number of hydrogen-bond acceptors (Lipinski definition) is 2. The molecule has 0 aliphatic carbocycles. The number of halogens is 4. The SMILES string of the molecule is ClCCN(CCCl)c1ccc(N(CCCl)CCCl)cc1. The molecule has 0 unspecified atom stereocenters. The molecule has 2 nitrogen and oxygen atoms in total. The first-order chi connectivity index (χ1) is 9.76. The number of anilines is 2. The Bertz CT molecular complexity index is 312. The molecule has 0 aliphatic rings. The van der Waals surface area contributed by atoms with Crippen molar-refractivity contribution in [2.75, 3.05) is 59.5 Å². The van der Waals surface area contributed by atoms with Gasteiger partial charge in [0.2, 0.25) is 0 Å². The number of rotatable bonds is 10. The van der Waals surface area contributed by atoms with Gasteiger partial charge in [0.05, 0.1) is 0 Å². The second-order valence-corrected chi connectivity index (χ2v) is 5.76. The van der Waals surface area contributed by atoms with Crippen LogP contribution in [0.2, 0.25) is 0 Å². The molecule has 20 heavy (non-hydrogen) atoms. The molecular formula is C14H20Cl4N2. The Kier molecular flexibility index (Phi) is 9.62. The van der Waals surface area contributed by atoms with Gasteiger partial charge in [0.1, 0.15) is 0 Å². The van der Waals surface area contributed by atoms with E-state index in [0.717, 1.165) is 37.6 Å². The first-order valence-electron chi connectivity index (χ1n) is 6.60. The summed E-state index contributed by atoms with van der Waals surface area (Å²) >= 11 is 23.3. The monoisotopic (exact) mass is 356 g/mol. The molecule has 0 saturated heterocycles. The van der Waals surface area contributed by atoms with Crippen LogP contribution in [0.25, 0.3) is 0 Å². The average Bonchev–Trinajstić information content (AvgIpc) is 2.47. The fraction of sp³-hybridized carbons (Fsp3) is 0.571. The minimum absolute atomic E-state index is 0.587. The zero-order valence-corrected chi connectivity index (χ0v) is 14.4. The smallest absolute Gasteiger partial charge is 0.0399 e. The average molecular weight is 358 g/mol. The molecule has 0 radical (unpaired) electrons. The zero-order valence-electron chi connectivity index (χ0n) is 11.4. The van der Waals surface area contributed by atoms with Gasteiger partial charge in [-0.1, -0.05) is 0 Å². The lowest BCUT2D eigenvalue weighted by molar-refractivity contribution is 0.864. The molecule has 0 amide bonds. The lowest BCUT2D eigenvalue weighted by Gasteiger charge is -2.26. The van der Waals surface area contributed by atoms with Gasteiger partial charge in [0.25, 0.3) is 0 Å². The number of nitrogens with zero attached hydrogens (tertiary/aromatic N) is 2. The van der Waals surface area contributed by atoms with Crippen LogP contribution >= 0.6 is 46.4 Å². The van der Waals surface area contributed by atoms with E-state index < -0.39 is 0 Å². The van der Waals surface area contributed by atoms with E-state index in [1.54, 1.807) is 0 Å². The lowest BCUT2D eigenvalue weighted by atomic mass is 10.2. The van der Waals surface area contributed by atoms with E-state index in [-0.39, 0.29) is 0 Å². The van der Waals surface area contributed by atoms with Crippen molar-refractivity contribution in [1.82, 2.24) is 0 Å². The second kappa shape index (κ2) is 10.7. The van der Waals surface area contributed by atoms with E-state index in [1.165, 1.54) is 0 Å². The Hall–Kier alpha value is -0.0200. The predicted molar refractivity (Wildman–Crippen MR) is 93.7 cm³/mol. The minimum atomic E-state index is 0.587. The second-order valence-electron chi connectivity index (χ2n) is 4.25. The highest BCUT2D eigenvalue weighted by atomic mass is 35.5. The quantitative estimate of drug-likeness (QED) is 0.577. The number of benzene rings is 1. The molecule has 0 fully saturated rings. The number of hydrogen-bond donors (Lipinski definition) is 0. The van der Waals surface area contributed by atoms with E-state index in [9.17, 15) is 0 Å². The van der Waals surface area contributed by atoms with Crippen molar-refractivity contribution in [3.05, 3.63) is 24.3 Å². The molecule has 0 bridgehead atoms. The Balaban J connectivity index is 2.79. The van der Waals surface area contributed by atoms with Gasteiger partial charge in [-0.3, -0.25) is 0 Å². The van der Waals surface area contributed by atoms with Crippen molar-refractivity contribution in [2.24, 2.45) is 0 Å². The van der Waals surface area contributed by atoms with Gasteiger partial charge in [-0.15, -0.1) is 46.4 Å². The van der Waals surface area contributed by atoms with E-state index in [1.807, 2.05) is 0 Å². The Labute approximate surface area is 141 Å². The van der Waals surface area contributed by atoms with Crippen molar-refractivity contribution < 1.29 is 0 Å². The van der Waals surface area contributed by atoms with Crippen LogP contribution in [0.4, 0.5) is 11.4 Å². The first-order valence-corrected chi connectivity index (χ1v) is 8.74. The third-order valence-corrected chi connectivity index (χ3v) is 3.67. The summed E-state index contributed by atoms with van der Waals surface area (Å²) in [6, 6.07) is 8.35. The van der Waals surface area contributed by atoms with Gasteiger partial charge >= 0.3 is 0 Å². The molecule has 6 heteroatoms. The molecule has 0 spiro atoms. The normalized spacial score (nSPS) is 10.6. The molecule has 0 atom stereocenters. The maximum Gasteiger partial charge on any atom is 0.0399 e. The van der Waals surface area contributed by atoms with Crippen LogP contribution in [0.3, 0.4) is 0 Å². The fourth-order valence-electron chi connectivity index (χ4n) is 2.02. The van der Waals surface area contributed by atoms with Gasteiger partial charge in [-0.25, -0.2) is 0 Å². The Morgan fingerprint density at radius 1 is 0.550 bits per heavy atom. The van der Waals surface area contributed by atoms with Crippen LogP contribution in [-0.4, -0.2) is 49.7 Å². The summed E-state index contributed by atoms with van der Waals surface area (Å²) in [7, 11) is 0. The summed E-state index contributed by atoms with van der Waals surface area (Å²) in [6.07, 6.45) is 0. The maximum atomic E-state index is 5.82. The van der Waals surface area contributed by atoms with Crippen LogP contribution in [0.1, 0.15) is 0 Å². The van der Waals surface area contributed by atoms with Gasteiger partial charge in [0.15, 0.2) is 0 Å². The molecule has 0 saturated carbocycles. The summed E-state index contributed by atoms with van der Waals surface area (Å²) in [5, 5.41) is 0. The standard InChI is InChI=1S/C14H20Cl4N2/c15-5-9-19(10-6-16)13-1-2-14(4-3-13)20(11-7-17)12-8-18/h1-4H,5-12H2. The van der Waals surface area contributed by atoms with Crippen molar-refractivity contribution in [3.63, 3.8) is 0 Å². The van der Waals surface area contributed by atoms with Crippen LogP contribution in [-0.2, 0) is 0 Å². The molecule has 0 aliphatic heterocycles. The molecule has 0 N–H and O–H groups in total. The molecule has 1 aromatic carbocycles. The molecule has 0 heterocycles. The topological polar surface area (TPSA) is 6.48 Å². The van der Waals surface area contributed by atoms with Gasteiger partial charge < -0.3 is 9.80 Å². The third-order valence-electron chi connectivity index (χ3n) is 3.00. The largest absolute Gasteiger partial charge is 0.369 e. The molecule has 1 aromatic rings. The summed E-state index contributed by atoms with van der Waals surface area (Å²) < 4.78 is 0. The van der Waals surface area contributed by atoms with Gasteiger partial charge in [-0.05, 0) is 24.3 Å². The Morgan fingerprint density at radius 3 is 1.00 bits per heavy atom. The van der Waals surface area contributed by atoms with Crippen LogP contribution < -0.4 is 9.80 Å². The predicted octanol–water partition coefficient (Wildman–Crippen LogP) is 4.25. The van der Waals surface area contributed by atoms with Crippen LogP contribution in [0.5, 0.6) is 0 Å².